The van der Waals surface area contributed by atoms with Gasteiger partial charge in [0.15, 0.2) is 6.20 Å². The summed E-state index contributed by atoms with van der Waals surface area (Å²) < 4.78 is 2.27. The third-order valence-electron chi connectivity index (χ3n) is 4.26. The molecule has 0 aliphatic rings. The van der Waals surface area contributed by atoms with Crippen LogP contribution in [0.2, 0.25) is 0 Å². The van der Waals surface area contributed by atoms with Crippen molar-refractivity contribution in [3.05, 3.63) is 52.7 Å². The summed E-state index contributed by atoms with van der Waals surface area (Å²) in [7, 11) is 2.15. The molecule has 0 aliphatic carbocycles. The van der Waals surface area contributed by atoms with Crippen LogP contribution in [0.3, 0.4) is 0 Å². The molecular weight excluding hydrogens is 254 g/mol. The molecule has 1 nitrogen and oxygen atoms in total. The number of hydrogen-bond acceptors (Lipinski definition) is 0. The summed E-state index contributed by atoms with van der Waals surface area (Å²) in [5, 5.41) is 0. The third kappa shape index (κ3) is 3.18. The predicted octanol–water partition coefficient (Wildman–Crippen LogP) is 4.65. The molecule has 0 unspecified atom stereocenters. The van der Waals surface area contributed by atoms with E-state index in [1.807, 2.05) is 0 Å². The molecule has 0 radical (unpaired) electrons. The Labute approximate surface area is 129 Å². The van der Waals surface area contributed by atoms with E-state index in [1.54, 1.807) is 0 Å². The lowest BCUT2D eigenvalue weighted by Crippen LogP contribution is -2.34. The molecule has 21 heavy (non-hydrogen) atoms. The summed E-state index contributed by atoms with van der Waals surface area (Å²) >= 11 is 0. The van der Waals surface area contributed by atoms with Gasteiger partial charge in [-0.25, -0.2) is 4.57 Å². The molecule has 1 heteroatoms. The molecule has 0 saturated carbocycles. The van der Waals surface area contributed by atoms with Gasteiger partial charge < -0.3 is 0 Å². The van der Waals surface area contributed by atoms with Gasteiger partial charge in [0.25, 0.3) is 0 Å². The molecule has 112 valence electrons. The minimum absolute atomic E-state index is 0.182. The molecule has 2 aromatic rings. The van der Waals surface area contributed by atoms with Gasteiger partial charge in [-0.2, -0.15) is 0 Å². The SMILES string of the molecule is CCc1ccc(-c2cc(C)c(C(C)(C)C)c[n+]2C)c(C)c1. The number of pyridine rings is 1. The average molecular weight is 282 g/mol. The minimum atomic E-state index is 0.182. The topological polar surface area (TPSA) is 3.88 Å². The van der Waals surface area contributed by atoms with Crippen LogP contribution in [0.4, 0.5) is 0 Å². The smallest absolute Gasteiger partial charge is 0.201 e. The van der Waals surface area contributed by atoms with Crippen LogP contribution in [0, 0.1) is 13.8 Å². The lowest BCUT2D eigenvalue weighted by molar-refractivity contribution is -0.661. The Morgan fingerprint density at radius 1 is 1.00 bits per heavy atom. The number of nitrogens with zero attached hydrogens (tertiary/aromatic N) is 1. The molecule has 0 spiro atoms. The van der Waals surface area contributed by atoms with Crippen molar-refractivity contribution in [1.29, 1.82) is 0 Å². The monoisotopic (exact) mass is 282 g/mol. The third-order valence-corrected chi connectivity index (χ3v) is 4.26. The number of hydrogen-bond donors (Lipinski definition) is 0. The van der Waals surface area contributed by atoms with Crippen LogP contribution in [-0.4, -0.2) is 0 Å². The van der Waals surface area contributed by atoms with E-state index < -0.39 is 0 Å². The maximum atomic E-state index is 2.33. The fourth-order valence-corrected chi connectivity index (χ4v) is 3.04. The van der Waals surface area contributed by atoms with Crippen molar-refractivity contribution in [2.75, 3.05) is 0 Å². The molecule has 0 aliphatic heterocycles. The zero-order valence-electron chi connectivity index (χ0n) is 14.5. The first-order chi connectivity index (χ1) is 9.74. The second-order valence-corrected chi connectivity index (χ2v) is 7.12. The molecule has 1 aromatic carbocycles. The molecule has 0 bridgehead atoms. The Bertz CT molecular complexity index is 660. The van der Waals surface area contributed by atoms with Crippen LogP contribution < -0.4 is 4.57 Å². The predicted molar refractivity (Wildman–Crippen MR) is 90.6 cm³/mol. The van der Waals surface area contributed by atoms with E-state index >= 15 is 0 Å². The van der Waals surface area contributed by atoms with Crippen LogP contribution in [0.25, 0.3) is 11.3 Å². The van der Waals surface area contributed by atoms with Crippen molar-refractivity contribution >= 4 is 0 Å². The summed E-state index contributed by atoms with van der Waals surface area (Å²) in [5.41, 5.74) is 8.35. The Balaban J connectivity index is 2.58. The van der Waals surface area contributed by atoms with Crippen molar-refractivity contribution < 1.29 is 4.57 Å². The van der Waals surface area contributed by atoms with E-state index in [1.165, 1.54) is 33.5 Å². The molecule has 2 rings (SSSR count). The highest BCUT2D eigenvalue weighted by molar-refractivity contribution is 5.62. The zero-order chi connectivity index (χ0) is 15.8. The van der Waals surface area contributed by atoms with Crippen molar-refractivity contribution in [2.24, 2.45) is 7.05 Å². The van der Waals surface area contributed by atoms with Gasteiger partial charge >= 0.3 is 0 Å². The summed E-state index contributed by atoms with van der Waals surface area (Å²) in [6.07, 6.45) is 3.38. The summed E-state index contributed by atoms with van der Waals surface area (Å²) in [4.78, 5) is 0. The second kappa shape index (κ2) is 5.63. The molecule has 0 atom stereocenters. The minimum Gasteiger partial charge on any atom is -0.201 e. The summed E-state index contributed by atoms with van der Waals surface area (Å²) in [6, 6.07) is 9.14. The maximum absolute atomic E-state index is 2.33. The van der Waals surface area contributed by atoms with Crippen LogP contribution in [0.15, 0.2) is 30.5 Å². The highest BCUT2D eigenvalue weighted by atomic mass is 14.9. The normalized spacial score (nSPS) is 11.8. The molecule has 1 aromatic heterocycles. The van der Waals surface area contributed by atoms with E-state index in [9.17, 15) is 0 Å². The molecule has 1 heterocycles. The average Bonchev–Trinajstić information content (AvgIpc) is 2.40. The highest BCUT2D eigenvalue weighted by Crippen LogP contribution is 2.28. The van der Waals surface area contributed by atoms with Gasteiger partial charge in [-0.3, -0.25) is 0 Å². The Kier molecular flexibility index (Phi) is 4.22. The van der Waals surface area contributed by atoms with Crippen molar-refractivity contribution in [1.82, 2.24) is 0 Å². The largest absolute Gasteiger partial charge is 0.212 e. The van der Waals surface area contributed by atoms with E-state index in [0.29, 0.717) is 0 Å². The lowest BCUT2D eigenvalue weighted by Gasteiger charge is -2.20. The molecule has 0 N–H and O–H groups in total. The molecular formula is C20H28N+. The van der Waals surface area contributed by atoms with Crippen LogP contribution in [-0.2, 0) is 18.9 Å². The standard InChI is InChI=1S/C20H28N/c1-8-16-9-10-17(14(2)11-16)19-12-15(3)18(13-21(19)7)20(4,5)6/h9-13H,8H2,1-7H3/q+1. The molecule has 0 saturated heterocycles. The van der Waals surface area contributed by atoms with E-state index in [2.05, 4.69) is 83.6 Å². The quantitative estimate of drug-likeness (QED) is 0.706. The highest BCUT2D eigenvalue weighted by Gasteiger charge is 2.23. The molecule has 0 fully saturated rings. The fourth-order valence-electron chi connectivity index (χ4n) is 3.04. The van der Waals surface area contributed by atoms with E-state index in [0.717, 1.165) is 6.42 Å². The Hall–Kier alpha value is -1.63. The first-order valence-corrected chi connectivity index (χ1v) is 7.84. The van der Waals surface area contributed by atoms with Gasteiger partial charge in [-0.1, -0.05) is 39.8 Å². The van der Waals surface area contributed by atoms with Gasteiger partial charge in [-0.15, -0.1) is 0 Å². The fraction of sp³-hybridized carbons (Fsp3) is 0.450. The maximum Gasteiger partial charge on any atom is 0.212 e. The van der Waals surface area contributed by atoms with Crippen LogP contribution in [0.5, 0.6) is 0 Å². The van der Waals surface area contributed by atoms with Gasteiger partial charge in [0.05, 0.1) is 0 Å². The molecule has 0 amide bonds. The van der Waals surface area contributed by atoms with Gasteiger partial charge in [0, 0.05) is 17.2 Å². The van der Waals surface area contributed by atoms with Crippen molar-refractivity contribution in [2.45, 2.75) is 53.4 Å². The van der Waals surface area contributed by atoms with E-state index in [4.69, 9.17) is 0 Å². The Morgan fingerprint density at radius 2 is 1.67 bits per heavy atom. The lowest BCUT2D eigenvalue weighted by atomic mass is 9.84. The van der Waals surface area contributed by atoms with Gasteiger partial charge in [-0.05, 0) is 48.4 Å². The number of rotatable bonds is 2. The number of benzene rings is 1. The van der Waals surface area contributed by atoms with E-state index in [-0.39, 0.29) is 5.41 Å². The first kappa shape index (κ1) is 15.8. The number of aryl methyl sites for hydroxylation is 4. The summed E-state index contributed by atoms with van der Waals surface area (Å²) in [6.45, 7) is 13.5. The van der Waals surface area contributed by atoms with Crippen LogP contribution in [0.1, 0.15) is 49.9 Å². The zero-order valence-corrected chi connectivity index (χ0v) is 14.5. The van der Waals surface area contributed by atoms with Crippen LogP contribution >= 0.6 is 0 Å². The van der Waals surface area contributed by atoms with Crippen molar-refractivity contribution in [3.8, 4) is 11.3 Å². The first-order valence-electron chi connectivity index (χ1n) is 7.84. The Morgan fingerprint density at radius 3 is 2.19 bits per heavy atom. The van der Waals surface area contributed by atoms with Gasteiger partial charge in [0.1, 0.15) is 7.05 Å². The second-order valence-electron chi connectivity index (χ2n) is 7.12. The number of aromatic nitrogens is 1. The van der Waals surface area contributed by atoms with Gasteiger partial charge in [0.2, 0.25) is 5.69 Å². The van der Waals surface area contributed by atoms with Crippen molar-refractivity contribution in [3.63, 3.8) is 0 Å². The summed E-state index contributed by atoms with van der Waals surface area (Å²) in [5.74, 6) is 0.